The number of pyridine rings is 1. The van der Waals surface area contributed by atoms with E-state index in [0.29, 0.717) is 47.3 Å². The standard InChI is InChI=1S/C23H24ClN9O/c1-23(21(34)26-15-7-8-18(24)25-13-15)9-3-10-32(23)22-28-20(17-4-2-11-33(17)31-22)27-19-12-16(29-30-19)14-5-6-14/h2,4,7-8,11-14H,3,5-6,9-10H2,1H3,(H,26,34)(H2,27,28,29,30,31)/t23-/m0/s1. The van der Waals surface area contributed by atoms with Gasteiger partial charge in [-0.25, -0.2) is 9.50 Å². The predicted molar refractivity (Wildman–Crippen MR) is 130 cm³/mol. The Kier molecular flexibility index (Phi) is 4.91. The molecule has 2 aliphatic rings. The van der Waals surface area contributed by atoms with Crippen molar-refractivity contribution in [1.29, 1.82) is 0 Å². The second-order valence-electron chi connectivity index (χ2n) is 9.06. The van der Waals surface area contributed by atoms with Gasteiger partial charge in [-0.05, 0) is 56.9 Å². The summed E-state index contributed by atoms with van der Waals surface area (Å²) in [6, 6.07) is 9.29. The van der Waals surface area contributed by atoms with E-state index in [1.807, 2.05) is 36.2 Å². The first-order chi connectivity index (χ1) is 16.5. The highest BCUT2D eigenvalue weighted by Gasteiger charge is 2.45. The molecule has 6 rings (SSSR count). The first-order valence-corrected chi connectivity index (χ1v) is 11.8. The third kappa shape index (κ3) is 3.73. The fourth-order valence-electron chi connectivity index (χ4n) is 4.49. The summed E-state index contributed by atoms with van der Waals surface area (Å²) in [7, 11) is 0. The molecule has 0 unspecified atom stereocenters. The maximum absolute atomic E-state index is 13.4. The lowest BCUT2D eigenvalue weighted by Gasteiger charge is -2.34. The van der Waals surface area contributed by atoms with Gasteiger partial charge in [0.05, 0.1) is 11.9 Å². The Morgan fingerprint density at radius 1 is 1.29 bits per heavy atom. The summed E-state index contributed by atoms with van der Waals surface area (Å²) in [4.78, 5) is 24.2. The van der Waals surface area contributed by atoms with E-state index in [4.69, 9.17) is 21.7 Å². The number of halogens is 1. The van der Waals surface area contributed by atoms with Gasteiger partial charge in [0.15, 0.2) is 11.6 Å². The van der Waals surface area contributed by atoms with Gasteiger partial charge in [0, 0.05) is 30.4 Å². The summed E-state index contributed by atoms with van der Waals surface area (Å²) in [5.41, 5.74) is 1.75. The van der Waals surface area contributed by atoms with Crippen LogP contribution in [0.5, 0.6) is 0 Å². The number of amides is 1. The van der Waals surface area contributed by atoms with Gasteiger partial charge < -0.3 is 15.5 Å². The Hall–Kier alpha value is -3.66. The molecular weight excluding hydrogens is 454 g/mol. The molecule has 3 N–H and O–H groups in total. The van der Waals surface area contributed by atoms with Crippen LogP contribution in [-0.2, 0) is 4.79 Å². The molecule has 4 aromatic heterocycles. The fourth-order valence-corrected chi connectivity index (χ4v) is 4.60. The summed E-state index contributed by atoms with van der Waals surface area (Å²) in [5.74, 6) is 2.28. The van der Waals surface area contributed by atoms with Crippen molar-refractivity contribution in [3.05, 3.63) is 53.6 Å². The number of anilines is 4. The van der Waals surface area contributed by atoms with Gasteiger partial charge in [-0.1, -0.05) is 11.6 Å². The smallest absolute Gasteiger partial charge is 0.250 e. The molecule has 0 bridgehead atoms. The van der Waals surface area contributed by atoms with Crippen LogP contribution in [0.4, 0.5) is 23.3 Å². The van der Waals surface area contributed by atoms with Crippen molar-refractivity contribution >= 4 is 46.3 Å². The Balaban J connectivity index is 1.31. The summed E-state index contributed by atoms with van der Waals surface area (Å²) in [5, 5.41) is 18.9. The molecule has 10 nitrogen and oxygen atoms in total. The van der Waals surface area contributed by atoms with E-state index in [1.54, 1.807) is 22.8 Å². The Labute approximate surface area is 200 Å². The number of carbonyl (C=O) groups is 1. The molecule has 0 spiro atoms. The van der Waals surface area contributed by atoms with Gasteiger partial charge >= 0.3 is 0 Å². The quantitative estimate of drug-likeness (QED) is 0.358. The molecule has 1 atom stereocenters. The monoisotopic (exact) mass is 477 g/mol. The summed E-state index contributed by atoms with van der Waals surface area (Å²) < 4.78 is 1.78. The molecule has 1 saturated heterocycles. The summed E-state index contributed by atoms with van der Waals surface area (Å²) in [6.07, 6.45) is 7.35. The maximum atomic E-state index is 13.4. The largest absolute Gasteiger partial charge is 0.325 e. The van der Waals surface area contributed by atoms with Crippen molar-refractivity contribution in [3.8, 4) is 0 Å². The van der Waals surface area contributed by atoms with Crippen molar-refractivity contribution in [2.24, 2.45) is 0 Å². The van der Waals surface area contributed by atoms with Gasteiger partial charge in [0.2, 0.25) is 11.9 Å². The van der Waals surface area contributed by atoms with Crippen molar-refractivity contribution < 1.29 is 4.79 Å². The number of H-pyrrole nitrogens is 1. The zero-order valence-corrected chi connectivity index (χ0v) is 19.4. The van der Waals surface area contributed by atoms with Crippen LogP contribution >= 0.6 is 11.6 Å². The van der Waals surface area contributed by atoms with Crippen molar-refractivity contribution in [1.82, 2.24) is 29.8 Å². The highest BCUT2D eigenvalue weighted by molar-refractivity contribution is 6.29. The summed E-state index contributed by atoms with van der Waals surface area (Å²) >= 11 is 5.87. The van der Waals surface area contributed by atoms with Crippen LogP contribution in [-0.4, -0.2) is 47.8 Å². The first kappa shape index (κ1) is 20.9. The zero-order chi connectivity index (χ0) is 23.3. The zero-order valence-electron chi connectivity index (χ0n) is 18.6. The van der Waals surface area contributed by atoms with Crippen molar-refractivity contribution in [2.45, 2.75) is 44.1 Å². The molecule has 1 amide bonds. The number of fused-ring (bicyclic) bond motifs is 1. The second-order valence-corrected chi connectivity index (χ2v) is 9.45. The van der Waals surface area contributed by atoms with Crippen LogP contribution < -0.4 is 15.5 Å². The molecule has 34 heavy (non-hydrogen) atoms. The predicted octanol–water partition coefficient (Wildman–Crippen LogP) is 4.12. The molecule has 4 aromatic rings. The van der Waals surface area contributed by atoms with Crippen LogP contribution in [0.2, 0.25) is 5.15 Å². The third-order valence-corrected chi connectivity index (χ3v) is 6.82. The fraction of sp³-hybridized carbons (Fsp3) is 0.348. The molecular formula is C23H24ClN9O. The van der Waals surface area contributed by atoms with Crippen molar-refractivity contribution in [3.63, 3.8) is 0 Å². The number of rotatable bonds is 6. The molecule has 0 radical (unpaired) electrons. The SMILES string of the molecule is C[C@@]1(C(=O)Nc2ccc(Cl)nc2)CCCN1c1nc(Nc2cc(C3CC3)[nH]n2)c2cccn2n1. The molecule has 2 fully saturated rings. The molecule has 0 aromatic carbocycles. The lowest BCUT2D eigenvalue weighted by atomic mass is 9.98. The number of nitrogens with one attached hydrogen (secondary N) is 3. The van der Waals surface area contributed by atoms with Crippen LogP contribution in [0.1, 0.15) is 44.2 Å². The van der Waals surface area contributed by atoms with Gasteiger partial charge in [-0.3, -0.25) is 9.89 Å². The number of aromatic amines is 1. The van der Waals surface area contributed by atoms with E-state index in [0.717, 1.165) is 17.6 Å². The molecule has 1 saturated carbocycles. The average Bonchev–Trinajstić information content (AvgIpc) is 3.20. The highest BCUT2D eigenvalue weighted by atomic mass is 35.5. The Morgan fingerprint density at radius 3 is 2.97 bits per heavy atom. The molecule has 11 heteroatoms. The third-order valence-electron chi connectivity index (χ3n) is 6.60. The van der Waals surface area contributed by atoms with Crippen LogP contribution in [0.3, 0.4) is 0 Å². The van der Waals surface area contributed by atoms with Crippen LogP contribution in [0.25, 0.3) is 5.52 Å². The number of hydrogen-bond acceptors (Lipinski definition) is 7. The minimum absolute atomic E-state index is 0.138. The number of carbonyl (C=O) groups excluding carboxylic acids is 1. The van der Waals surface area contributed by atoms with E-state index in [-0.39, 0.29) is 5.91 Å². The van der Waals surface area contributed by atoms with E-state index in [2.05, 4.69) is 25.8 Å². The molecule has 1 aliphatic carbocycles. The van der Waals surface area contributed by atoms with Crippen LogP contribution in [0, 0.1) is 0 Å². The normalized spacial score (nSPS) is 20.1. The van der Waals surface area contributed by atoms with Crippen LogP contribution in [0.15, 0.2) is 42.7 Å². The topological polar surface area (TPSA) is 116 Å². The minimum atomic E-state index is -0.816. The van der Waals surface area contributed by atoms with E-state index in [9.17, 15) is 4.79 Å². The Morgan fingerprint density at radius 2 is 2.18 bits per heavy atom. The van der Waals surface area contributed by atoms with Crippen molar-refractivity contribution in [2.75, 3.05) is 22.1 Å². The lowest BCUT2D eigenvalue weighted by Crippen LogP contribution is -2.51. The van der Waals surface area contributed by atoms with E-state index >= 15 is 0 Å². The van der Waals surface area contributed by atoms with Gasteiger partial charge in [-0.2, -0.15) is 10.1 Å². The van der Waals surface area contributed by atoms with Gasteiger partial charge in [0.25, 0.3) is 0 Å². The summed E-state index contributed by atoms with van der Waals surface area (Å²) in [6.45, 7) is 2.59. The van der Waals surface area contributed by atoms with E-state index < -0.39 is 5.54 Å². The number of nitrogens with zero attached hydrogens (tertiary/aromatic N) is 6. The Bertz CT molecular complexity index is 1360. The van der Waals surface area contributed by atoms with Gasteiger partial charge in [-0.15, -0.1) is 5.10 Å². The first-order valence-electron chi connectivity index (χ1n) is 11.4. The highest BCUT2D eigenvalue weighted by Crippen LogP contribution is 2.40. The van der Waals surface area contributed by atoms with Gasteiger partial charge in [0.1, 0.15) is 16.2 Å². The average molecular weight is 478 g/mol. The molecule has 174 valence electrons. The number of hydrogen-bond donors (Lipinski definition) is 3. The molecule has 5 heterocycles. The lowest BCUT2D eigenvalue weighted by molar-refractivity contribution is -0.120. The number of aromatic nitrogens is 6. The molecule has 1 aliphatic heterocycles. The van der Waals surface area contributed by atoms with E-state index in [1.165, 1.54) is 12.8 Å². The minimum Gasteiger partial charge on any atom is -0.325 e. The maximum Gasteiger partial charge on any atom is 0.250 e. The second kappa shape index (κ2) is 7.98.